The smallest absolute Gasteiger partial charge is 0.303 e. The zero-order chi connectivity index (χ0) is 9.68. The van der Waals surface area contributed by atoms with Gasteiger partial charge in [0.25, 0.3) is 0 Å². The van der Waals surface area contributed by atoms with Gasteiger partial charge in [0.2, 0.25) is 0 Å². The molecule has 0 aromatic carbocycles. The van der Waals surface area contributed by atoms with Crippen LogP contribution in [0.1, 0.15) is 12.8 Å². The number of rotatable bonds is 4. The van der Waals surface area contributed by atoms with Gasteiger partial charge in [0.05, 0.1) is 6.61 Å². The number of alkyl halides is 1. The molecule has 0 spiro atoms. The summed E-state index contributed by atoms with van der Waals surface area (Å²) in [5, 5.41) is 8.45. The number of hydrogen-bond donors (Lipinski definition) is 1. The maximum absolute atomic E-state index is 10.3. The summed E-state index contributed by atoms with van der Waals surface area (Å²) in [7, 11) is 0. The molecule has 1 rings (SSSR count). The van der Waals surface area contributed by atoms with E-state index in [2.05, 4.69) is 27.5 Å². The van der Waals surface area contributed by atoms with E-state index in [0.717, 1.165) is 32.7 Å². The Bertz CT molecular complexity index is 177. The number of morpholine rings is 1. The van der Waals surface area contributed by atoms with Crippen molar-refractivity contribution in [2.45, 2.75) is 17.0 Å². The molecule has 0 aromatic heterocycles. The molecule has 1 N–H and O–H groups in total. The van der Waals surface area contributed by atoms with Crippen molar-refractivity contribution >= 4 is 28.6 Å². The maximum Gasteiger partial charge on any atom is 0.303 e. The Hall–Kier alpha value is 0.120. The molecule has 0 amide bonds. The van der Waals surface area contributed by atoms with Gasteiger partial charge >= 0.3 is 5.97 Å². The maximum atomic E-state index is 10.3. The van der Waals surface area contributed by atoms with Gasteiger partial charge in [-0.2, -0.15) is 0 Å². The Morgan fingerprint density at radius 3 is 3.08 bits per heavy atom. The van der Waals surface area contributed by atoms with Crippen LogP contribution in [-0.4, -0.2) is 46.3 Å². The number of carboxylic acid groups (broad SMARTS) is 1. The van der Waals surface area contributed by atoms with E-state index >= 15 is 0 Å². The van der Waals surface area contributed by atoms with Gasteiger partial charge in [-0.25, -0.2) is 0 Å². The summed E-state index contributed by atoms with van der Waals surface area (Å²) >= 11 is 2.26. The molecule has 0 aromatic rings. The summed E-state index contributed by atoms with van der Waals surface area (Å²) < 4.78 is 5.62. The minimum Gasteiger partial charge on any atom is -0.481 e. The van der Waals surface area contributed by atoms with E-state index in [0.29, 0.717) is 0 Å². The molecule has 1 saturated heterocycles. The van der Waals surface area contributed by atoms with E-state index in [1.807, 2.05) is 0 Å². The zero-order valence-corrected chi connectivity index (χ0v) is 9.57. The van der Waals surface area contributed by atoms with Gasteiger partial charge in [-0.1, -0.05) is 0 Å². The first-order chi connectivity index (χ1) is 6.18. The van der Waals surface area contributed by atoms with E-state index < -0.39 is 5.97 Å². The molecular weight excluding hydrogens is 285 g/mol. The molecule has 4 nitrogen and oxygen atoms in total. The molecule has 76 valence electrons. The van der Waals surface area contributed by atoms with Crippen LogP contribution in [-0.2, 0) is 9.53 Å². The number of carbonyl (C=O) groups is 1. The Labute approximate surface area is 91.4 Å². The molecule has 0 aliphatic carbocycles. The second-order valence-electron chi connectivity index (χ2n) is 3.08. The second-order valence-corrected chi connectivity index (χ2v) is 4.47. The van der Waals surface area contributed by atoms with E-state index in [9.17, 15) is 4.79 Å². The minimum absolute atomic E-state index is 0.260. The summed E-state index contributed by atoms with van der Waals surface area (Å²) in [5.74, 6) is -0.709. The summed E-state index contributed by atoms with van der Waals surface area (Å²) in [4.78, 5) is 12.5. The highest BCUT2D eigenvalue weighted by atomic mass is 127. The van der Waals surface area contributed by atoms with Crippen molar-refractivity contribution in [1.82, 2.24) is 4.90 Å². The lowest BCUT2D eigenvalue weighted by Crippen LogP contribution is -2.40. The van der Waals surface area contributed by atoms with Crippen LogP contribution < -0.4 is 0 Å². The van der Waals surface area contributed by atoms with Gasteiger partial charge in [0.1, 0.15) is 4.11 Å². The monoisotopic (exact) mass is 299 g/mol. The Balaban J connectivity index is 2.10. The molecule has 0 bridgehead atoms. The average Bonchev–Trinajstić information content (AvgIpc) is 2.03. The predicted molar refractivity (Wildman–Crippen MR) is 57.1 cm³/mol. The third-order valence-corrected chi connectivity index (χ3v) is 2.73. The Kier molecular flexibility index (Phi) is 4.97. The molecule has 0 saturated carbocycles. The Morgan fingerprint density at radius 1 is 1.69 bits per heavy atom. The topological polar surface area (TPSA) is 49.8 Å². The first-order valence-corrected chi connectivity index (χ1v) is 5.63. The van der Waals surface area contributed by atoms with Crippen LogP contribution in [0.4, 0.5) is 0 Å². The fraction of sp³-hybridized carbons (Fsp3) is 0.875. The van der Waals surface area contributed by atoms with E-state index in [1.54, 1.807) is 0 Å². The van der Waals surface area contributed by atoms with Gasteiger partial charge < -0.3 is 9.84 Å². The quantitative estimate of drug-likeness (QED) is 0.620. The minimum atomic E-state index is -0.709. The molecule has 1 aliphatic heterocycles. The number of ether oxygens (including phenoxy) is 1. The van der Waals surface area contributed by atoms with Crippen LogP contribution in [0.3, 0.4) is 0 Å². The predicted octanol–water partition coefficient (Wildman–Crippen LogP) is 0.944. The van der Waals surface area contributed by atoms with Crippen molar-refractivity contribution < 1.29 is 14.6 Å². The normalized spacial score (nSPS) is 24.5. The summed E-state index contributed by atoms with van der Waals surface area (Å²) in [6.45, 7) is 3.48. The second kappa shape index (κ2) is 5.77. The molecule has 1 fully saturated rings. The molecule has 1 aliphatic rings. The van der Waals surface area contributed by atoms with Crippen molar-refractivity contribution in [3.63, 3.8) is 0 Å². The lowest BCUT2D eigenvalue weighted by atomic mass is 10.3. The third kappa shape index (κ3) is 4.78. The summed E-state index contributed by atoms with van der Waals surface area (Å²) in [6, 6.07) is 0. The van der Waals surface area contributed by atoms with Crippen molar-refractivity contribution in [3.05, 3.63) is 0 Å². The molecular formula is C8H14INO3. The average molecular weight is 299 g/mol. The van der Waals surface area contributed by atoms with E-state index in [-0.39, 0.29) is 10.5 Å². The van der Waals surface area contributed by atoms with Crippen molar-refractivity contribution in [2.75, 3.05) is 26.2 Å². The number of aliphatic carboxylic acids is 1. The van der Waals surface area contributed by atoms with Crippen molar-refractivity contribution in [1.29, 1.82) is 0 Å². The first-order valence-electron chi connectivity index (χ1n) is 4.38. The fourth-order valence-corrected chi connectivity index (χ4v) is 2.12. The largest absolute Gasteiger partial charge is 0.481 e. The van der Waals surface area contributed by atoms with Crippen LogP contribution in [0.5, 0.6) is 0 Å². The highest BCUT2D eigenvalue weighted by Gasteiger charge is 2.17. The number of carboxylic acids is 1. The SMILES string of the molecule is O=C(O)CCCN1CCOC(I)C1. The molecule has 1 atom stereocenters. The molecule has 13 heavy (non-hydrogen) atoms. The summed E-state index contributed by atoms with van der Waals surface area (Å²) in [6.07, 6.45) is 1.00. The third-order valence-electron chi connectivity index (χ3n) is 1.97. The highest BCUT2D eigenvalue weighted by Crippen LogP contribution is 2.11. The molecule has 1 heterocycles. The van der Waals surface area contributed by atoms with Crippen LogP contribution in [0.2, 0.25) is 0 Å². The molecule has 0 radical (unpaired) electrons. The van der Waals surface area contributed by atoms with E-state index in [1.165, 1.54) is 0 Å². The van der Waals surface area contributed by atoms with Gasteiger partial charge in [-0.05, 0) is 35.6 Å². The molecule has 1 unspecified atom stereocenters. The van der Waals surface area contributed by atoms with Crippen LogP contribution in [0.15, 0.2) is 0 Å². The zero-order valence-electron chi connectivity index (χ0n) is 7.41. The first kappa shape index (κ1) is 11.2. The Morgan fingerprint density at radius 2 is 2.46 bits per heavy atom. The number of halogens is 1. The number of hydrogen-bond acceptors (Lipinski definition) is 3. The standard InChI is InChI=1S/C8H14INO3/c9-7-6-10(4-5-13-7)3-1-2-8(11)12/h7H,1-6H2,(H,11,12). The van der Waals surface area contributed by atoms with Crippen molar-refractivity contribution in [3.8, 4) is 0 Å². The van der Waals surface area contributed by atoms with Gasteiger partial charge in [-0.3, -0.25) is 9.69 Å². The molecule has 5 heteroatoms. The van der Waals surface area contributed by atoms with Gasteiger partial charge in [0.15, 0.2) is 0 Å². The van der Waals surface area contributed by atoms with Gasteiger partial charge in [-0.15, -0.1) is 0 Å². The van der Waals surface area contributed by atoms with Crippen LogP contribution in [0.25, 0.3) is 0 Å². The number of nitrogens with zero attached hydrogens (tertiary/aromatic N) is 1. The fourth-order valence-electron chi connectivity index (χ4n) is 1.31. The lowest BCUT2D eigenvalue weighted by molar-refractivity contribution is -0.137. The van der Waals surface area contributed by atoms with E-state index in [4.69, 9.17) is 9.84 Å². The van der Waals surface area contributed by atoms with Crippen LogP contribution in [0, 0.1) is 0 Å². The lowest BCUT2D eigenvalue weighted by Gasteiger charge is -2.29. The van der Waals surface area contributed by atoms with Gasteiger partial charge in [0, 0.05) is 19.5 Å². The van der Waals surface area contributed by atoms with Crippen molar-refractivity contribution in [2.24, 2.45) is 0 Å². The van der Waals surface area contributed by atoms with Crippen LogP contribution >= 0.6 is 22.6 Å². The highest BCUT2D eigenvalue weighted by molar-refractivity contribution is 14.1. The summed E-state index contributed by atoms with van der Waals surface area (Å²) in [5.41, 5.74) is 0.